The Balaban J connectivity index is 1.69. The second kappa shape index (κ2) is 4.31. The van der Waals surface area contributed by atoms with Gasteiger partial charge in [-0.25, -0.2) is 8.42 Å². The van der Waals surface area contributed by atoms with E-state index < -0.39 is 9.84 Å². The van der Waals surface area contributed by atoms with Gasteiger partial charge in [0.2, 0.25) is 0 Å². The monoisotopic (exact) mass is 272 g/mol. The molecule has 2 aliphatic carbocycles. The molecule has 1 heterocycles. The second-order valence-corrected chi connectivity index (χ2v) is 8.40. The van der Waals surface area contributed by atoms with Crippen LogP contribution in [0.4, 0.5) is 0 Å². The van der Waals surface area contributed by atoms with Crippen LogP contribution in [-0.4, -0.2) is 23.9 Å². The molecule has 2 aliphatic rings. The van der Waals surface area contributed by atoms with Gasteiger partial charge in [0.25, 0.3) is 0 Å². The zero-order valence-electron chi connectivity index (χ0n) is 9.63. The van der Waals surface area contributed by atoms with E-state index in [1.807, 2.05) is 0 Å². The molecule has 3 rings (SSSR count). The van der Waals surface area contributed by atoms with Gasteiger partial charge in [-0.2, -0.15) is 0 Å². The summed E-state index contributed by atoms with van der Waals surface area (Å²) in [6, 6.07) is 0. The molecule has 0 spiro atoms. The number of hydrogen-bond donors (Lipinski definition) is 0. The van der Waals surface area contributed by atoms with Gasteiger partial charge in [0.15, 0.2) is 9.84 Å². The van der Waals surface area contributed by atoms with Crippen LogP contribution in [0.1, 0.15) is 54.5 Å². The van der Waals surface area contributed by atoms with Crippen LogP contribution < -0.4 is 0 Å². The largest absolute Gasteiger partial charge is 0.228 e. The number of sulfone groups is 1. The number of aromatic nitrogens is 2. The molecule has 0 aliphatic heterocycles. The molecule has 0 bridgehead atoms. The molecular weight excluding hydrogens is 256 g/mol. The Bertz CT molecular complexity index is 501. The van der Waals surface area contributed by atoms with Crippen molar-refractivity contribution in [1.82, 2.24) is 10.2 Å². The highest BCUT2D eigenvalue weighted by Gasteiger charge is 2.32. The Kier molecular flexibility index (Phi) is 2.94. The second-order valence-electron chi connectivity index (χ2n) is 5.02. The van der Waals surface area contributed by atoms with Crippen molar-refractivity contribution in [2.45, 2.75) is 55.4 Å². The van der Waals surface area contributed by atoms with Gasteiger partial charge in [-0.1, -0.05) is 12.8 Å². The maximum Gasteiger partial charge on any atom is 0.159 e. The quantitative estimate of drug-likeness (QED) is 0.843. The van der Waals surface area contributed by atoms with Crippen molar-refractivity contribution >= 4 is 21.2 Å². The summed E-state index contributed by atoms with van der Waals surface area (Å²) in [6.45, 7) is 0. The van der Waals surface area contributed by atoms with Crippen LogP contribution in [0, 0.1) is 0 Å². The van der Waals surface area contributed by atoms with E-state index in [4.69, 9.17) is 0 Å². The fraction of sp³-hybridized carbons (Fsp3) is 0.818. The van der Waals surface area contributed by atoms with Crippen molar-refractivity contribution in [3.8, 4) is 0 Å². The first-order valence-electron chi connectivity index (χ1n) is 6.19. The van der Waals surface area contributed by atoms with Crippen molar-refractivity contribution in [2.24, 2.45) is 0 Å². The Labute approximate surface area is 105 Å². The van der Waals surface area contributed by atoms with Crippen molar-refractivity contribution in [2.75, 3.05) is 0 Å². The van der Waals surface area contributed by atoms with E-state index in [0.717, 1.165) is 24.3 Å². The lowest BCUT2D eigenvalue weighted by molar-refractivity contribution is 0.416. The minimum atomic E-state index is -2.97. The maximum atomic E-state index is 12.0. The number of hydrogen-bond acceptors (Lipinski definition) is 5. The van der Waals surface area contributed by atoms with Gasteiger partial charge in [-0.15, -0.1) is 21.5 Å². The summed E-state index contributed by atoms with van der Waals surface area (Å²) in [6.07, 6.45) is 6.34. The summed E-state index contributed by atoms with van der Waals surface area (Å²) in [4.78, 5) is 0. The normalized spacial score (nSPS) is 22.1. The first-order chi connectivity index (χ1) is 8.15. The van der Waals surface area contributed by atoms with Crippen LogP contribution >= 0.6 is 11.3 Å². The molecular formula is C11H16N2O2S2. The molecule has 0 saturated heterocycles. The van der Waals surface area contributed by atoms with Crippen molar-refractivity contribution in [3.63, 3.8) is 0 Å². The number of rotatable bonds is 4. The van der Waals surface area contributed by atoms with E-state index in [0.29, 0.717) is 10.9 Å². The predicted molar refractivity (Wildman–Crippen MR) is 66.8 cm³/mol. The summed E-state index contributed by atoms with van der Waals surface area (Å²) in [5.41, 5.74) is 0. The topological polar surface area (TPSA) is 59.9 Å². The first-order valence-corrected chi connectivity index (χ1v) is 8.72. The van der Waals surface area contributed by atoms with Gasteiger partial charge in [-0.3, -0.25) is 0 Å². The molecule has 0 radical (unpaired) electrons. The zero-order chi connectivity index (χ0) is 11.9. The molecule has 6 heteroatoms. The molecule has 2 saturated carbocycles. The van der Waals surface area contributed by atoms with Gasteiger partial charge in [-0.05, 0) is 25.7 Å². The minimum Gasteiger partial charge on any atom is -0.228 e. The maximum absolute atomic E-state index is 12.0. The standard InChI is InChI=1S/C11H16N2O2S2/c14-17(15,9-5-2-6-9)7-10-12-13-11(16-10)8-3-1-4-8/h8-9H,1-7H2. The van der Waals surface area contributed by atoms with Crippen LogP contribution in [0.15, 0.2) is 0 Å². The smallest absolute Gasteiger partial charge is 0.159 e. The third-order valence-electron chi connectivity index (χ3n) is 3.82. The Hall–Kier alpha value is -0.490. The van der Waals surface area contributed by atoms with Gasteiger partial charge >= 0.3 is 0 Å². The van der Waals surface area contributed by atoms with E-state index in [1.165, 1.54) is 30.6 Å². The Morgan fingerprint density at radius 3 is 2.35 bits per heavy atom. The van der Waals surface area contributed by atoms with Gasteiger partial charge in [0.1, 0.15) is 15.8 Å². The molecule has 2 fully saturated rings. The molecule has 1 aromatic rings. The lowest BCUT2D eigenvalue weighted by Crippen LogP contribution is -2.29. The highest BCUT2D eigenvalue weighted by atomic mass is 32.2. The molecule has 4 nitrogen and oxygen atoms in total. The summed E-state index contributed by atoms with van der Waals surface area (Å²) in [7, 11) is -2.97. The molecule has 0 amide bonds. The highest BCUT2D eigenvalue weighted by Crippen LogP contribution is 2.38. The summed E-state index contributed by atoms with van der Waals surface area (Å²) >= 11 is 1.49. The fourth-order valence-corrected chi connectivity index (χ4v) is 5.39. The Morgan fingerprint density at radius 1 is 1.12 bits per heavy atom. The van der Waals surface area contributed by atoms with Crippen LogP contribution in [0.3, 0.4) is 0 Å². The van der Waals surface area contributed by atoms with Crippen LogP contribution in [-0.2, 0) is 15.6 Å². The number of nitrogens with zero attached hydrogens (tertiary/aromatic N) is 2. The van der Waals surface area contributed by atoms with Crippen LogP contribution in [0.25, 0.3) is 0 Å². The molecule has 94 valence electrons. The molecule has 17 heavy (non-hydrogen) atoms. The molecule has 0 N–H and O–H groups in total. The summed E-state index contributed by atoms with van der Waals surface area (Å²) in [5.74, 6) is 0.648. The Morgan fingerprint density at radius 2 is 1.82 bits per heavy atom. The minimum absolute atomic E-state index is 0.0993. The zero-order valence-corrected chi connectivity index (χ0v) is 11.3. The molecule has 0 atom stereocenters. The van der Waals surface area contributed by atoms with Gasteiger partial charge in [0, 0.05) is 5.92 Å². The molecule has 1 aromatic heterocycles. The first kappa shape index (κ1) is 11.6. The van der Waals surface area contributed by atoms with E-state index in [-0.39, 0.29) is 11.0 Å². The van der Waals surface area contributed by atoms with Crippen molar-refractivity contribution < 1.29 is 8.42 Å². The highest BCUT2D eigenvalue weighted by molar-refractivity contribution is 7.91. The third kappa shape index (κ3) is 2.25. The van der Waals surface area contributed by atoms with E-state index >= 15 is 0 Å². The van der Waals surface area contributed by atoms with Gasteiger partial charge < -0.3 is 0 Å². The fourth-order valence-electron chi connectivity index (χ4n) is 2.16. The molecule has 0 aromatic carbocycles. The third-order valence-corrected chi connectivity index (χ3v) is 7.25. The average molecular weight is 272 g/mol. The van der Waals surface area contributed by atoms with Crippen LogP contribution in [0.5, 0.6) is 0 Å². The summed E-state index contributed by atoms with van der Waals surface area (Å²) < 4.78 is 24.0. The van der Waals surface area contributed by atoms with Crippen LogP contribution in [0.2, 0.25) is 0 Å². The lowest BCUT2D eigenvalue weighted by atomic mass is 9.86. The average Bonchev–Trinajstić information content (AvgIpc) is 2.43. The molecule has 0 unspecified atom stereocenters. The predicted octanol–water partition coefficient (Wildman–Crippen LogP) is 2.27. The summed E-state index contributed by atoms with van der Waals surface area (Å²) in [5, 5.41) is 9.77. The van der Waals surface area contributed by atoms with Crippen molar-refractivity contribution in [1.29, 1.82) is 0 Å². The lowest BCUT2D eigenvalue weighted by Gasteiger charge is -2.24. The van der Waals surface area contributed by atoms with E-state index in [2.05, 4.69) is 10.2 Å². The van der Waals surface area contributed by atoms with Gasteiger partial charge in [0.05, 0.1) is 5.25 Å². The van der Waals surface area contributed by atoms with E-state index in [9.17, 15) is 8.42 Å². The van der Waals surface area contributed by atoms with Crippen molar-refractivity contribution in [3.05, 3.63) is 10.0 Å². The van der Waals surface area contributed by atoms with E-state index in [1.54, 1.807) is 0 Å². The SMILES string of the molecule is O=S(=O)(Cc1nnc(C2CCC2)s1)C1CCC1.